The molecule has 1 N–H and O–H groups in total. The second kappa shape index (κ2) is 8.30. The van der Waals surface area contributed by atoms with Crippen LogP contribution in [-0.2, 0) is 0 Å². The van der Waals surface area contributed by atoms with Crippen LogP contribution >= 0.6 is 11.8 Å². The molecule has 3 rings (SSSR count). The lowest BCUT2D eigenvalue weighted by atomic mass is 10.2. The van der Waals surface area contributed by atoms with Gasteiger partial charge in [0.15, 0.2) is 0 Å². The monoisotopic (exact) mass is 357 g/mol. The van der Waals surface area contributed by atoms with Gasteiger partial charge in [0.2, 0.25) is 0 Å². The van der Waals surface area contributed by atoms with Gasteiger partial charge in [-0.05, 0) is 37.1 Å². The van der Waals surface area contributed by atoms with Gasteiger partial charge in [0, 0.05) is 21.8 Å². The smallest absolute Gasteiger partial charge is 0.255 e. The Morgan fingerprint density at radius 3 is 2.32 bits per heavy atom. The van der Waals surface area contributed by atoms with Gasteiger partial charge in [-0.2, -0.15) is 0 Å². The van der Waals surface area contributed by atoms with Gasteiger partial charge < -0.3 is 14.8 Å². The summed E-state index contributed by atoms with van der Waals surface area (Å²) in [7, 11) is 3.15. The molecule has 1 aliphatic rings. The minimum absolute atomic E-state index is 0.170. The number of thioether (sulfide) groups is 1. The van der Waals surface area contributed by atoms with Gasteiger partial charge in [0.25, 0.3) is 5.91 Å². The molecule has 0 aliphatic heterocycles. The molecule has 2 aromatic rings. The van der Waals surface area contributed by atoms with Gasteiger partial charge in [-0.25, -0.2) is 0 Å². The van der Waals surface area contributed by atoms with Crippen LogP contribution < -0.4 is 14.8 Å². The van der Waals surface area contributed by atoms with Crippen LogP contribution in [-0.4, -0.2) is 25.4 Å². The molecule has 0 saturated heterocycles. The molecule has 132 valence electrons. The van der Waals surface area contributed by atoms with Crippen molar-refractivity contribution in [2.75, 3.05) is 19.5 Å². The Morgan fingerprint density at radius 2 is 1.68 bits per heavy atom. The number of methoxy groups -OCH3 is 2. The SMILES string of the molecule is COc1cc(OC)cc(C(=O)Nc2ccccc2SC2CCCC2)c1. The summed E-state index contributed by atoms with van der Waals surface area (Å²) >= 11 is 1.87. The van der Waals surface area contributed by atoms with E-state index in [-0.39, 0.29) is 5.91 Å². The maximum absolute atomic E-state index is 12.7. The van der Waals surface area contributed by atoms with Crippen molar-refractivity contribution >= 4 is 23.4 Å². The first kappa shape index (κ1) is 17.7. The molecule has 0 unspecified atom stereocenters. The van der Waals surface area contributed by atoms with E-state index in [0.717, 1.165) is 10.6 Å². The first-order valence-electron chi connectivity index (χ1n) is 8.49. The van der Waals surface area contributed by atoms with E-state index in [9.17, 15) is 4.79 Å². The Bertz CT molecular complexity index is 719. The van der Waals surface area contributed by atoms with Crippen LogP contribution in [0, 0.1) is 0 Å². The summed E-state index contributed by atoms with van der Waals surface area (Å²) in [5.41, 5.74) is 1.36. The molecule has 4 nitrogen and oxygen atoms in total. The molecule has 5 heteroatoms. The fraction of sp³-hybridized carbons (Fsp3) is 0.350. The van der Waals surface area contributed by atoms with Gasteiger partial charge in [-0.3, -0.25) is 4.79 Å². The molecule has 0 heterocycles. The normalized spacial score (nSPS) is 14.3. The number of ether oxygens (including phenoxy) is 2. The summed E-state index contributed by atoms with van der Waals surface area (Å²) in [6, 6.07) is 13.2. The number of amides is 1. The van der Waals surface area contributed by atoms with Crippen molar-refractivity contribution in [3.8, 4) is 11.5 Å². The predicted octanol–water partition coefficient (Wildman–Crippen LogP) is 4.99. The van der Waals surface area contributed by atoms with Crippen molar-refractivity contribution < 1.29 is 14.3 Å². The zero-order chi connectivity index (χ0) is 17.6. The van der Waals surface area contributed by atoms with Gasteiger partial charge in [0.1, 0.15) is 11.5 Å². The zero-order valence-corrected chi connectivity index (χ0v) is 15.4. The van der Waals surface area contributed by atoms with E-state index < -0.39 is 0 Å². The lowest BCUT2D eigenvalue weighted by Crippen LogP contribution is -2.13. The van der Waals surface area contributed by atoms with Crippen molar-refractivity contribution in [1.82, 2.24) is 0 Å². The van der Waals surface area contributed by atoms with Crippen molar-refractivity contribution in [2.45, 2.75) is 35.8 Å². The number of rotatable bonds is 6. The Balaban J connectivity index is 1.79. The van der Waals surface area contributed by atoms with Crippen LogP contribution in [0.4, 0.5) is 5.69 Å². The van der Waals surface area contributed by atoms with Gasteiger partial charge >= 0.3 is 0 Å². The topological polar surface area (TPSA) is 47.6 Å². The number of hydrogen-bond donors (Lipinski definition) is 1. The van der Waals surface area contributed by atoms with E-state index in [4.69, 9.17) is 9.47 Å². The molecule has 0 aromatic heterocycles. The highest BCUT2D eigenvalue weighted by molar-refractivity contribution is 8.00. The number of carbonyl (C=O) groups is 1. The number of benzene rings is 2. The van der Waals surface area contributed by atoms with Crippen molar-refractivity contribution in [2.24, 2.45) is 0 Å². The molecule has 2 aromatic carbocycles. The summed E-state index contributed by atoms with van der Waals surface area (Å²) < 4.78 is 10.5. The molecule has 0 spiro atoms. The second-order valence-electron chi connectivity index (χ2n) is 6.08. The average molecular weight is 357 g/mol. The van der Waals surface area contributed by atoms with Crippen LogP contribution in [0.2, 0.25) is 0 Å². The Morgan fingerprint density at radius 1 is 1.04 bits per heavy atom. The predicted molar refractivity (Wildman–Crippen MR) is 102 cm³/mol. The lowest BCUT2D eigenvalue weighted by Gasteiger charge is -2.14. The molecule has 25 heavy (non-hydrogen) atoms. The zero-order valence-electron chi connectivity index (χ0n) is 14.6. The molecule has 0 atom stereocenters. The van der Waals surface area contributed by atoms with E-state index in [0.29, 0.717) is 22.3 Å². The van der Waals surface area contributed by atoms with E-state index >= 15 is 0 Å². The summed E-state index contributed by atoms with van der Waals surface area (Å²) in [4.78, 5) is 13.8. The van der Waals surface area contributed by atoms with Crippen molar-refractivity contribution in [3.63, 3.8) is 0 Å². The molecule has 1 fully saturated rings. The summed E-state index contributed by atoms with van der Waals surface area (Å²) in [6.07, 6.45) is 5.10. The summed E-state index contributed by atoms with van der Waals surface area (Å²) in [6.45, 7) is 0. The standard InChI is InChI=1S/C20H23NO3S/c1-23-15-11-14(12-16(13-15)24-2)20(22)21-18-9-5-6-10-19(18)25-17-7-3-4-8-17/h5-6,9-13,17H,3-4,7-8H2,1-2H3,(H,21,22). The minimum atomic E-state index is -0.170. The number of nitrogens with one attached hydrogen (secondary N) is 1. The molecular weight excluding hydrogens is 334 g/mol. The largest absolute Gasteiger partial charge is 0.497 e. The first-order chi connectivity index (χ1) is 12.2. The quantitative estimate of drug-likeness (QED) is 0.791. The van der Waals surface area contributed by atoms with Crippen LogP contribution in [0.25, 0.3) is 0 Å². The highest BCUT2D eigenvalue weighted by atomic mass is 32.2. The first-order valence-corrected chi connectivity index (χ1v) is 9.37. The molecule has 0 radical (unpaired) electrons. The van der Waals surface area contributed by atoms with E-state index in [1.807, 2.05) is 30.0 Å². The summed E-state index contributed by atoms with van der Waals surface area (Å²) in [5, 5.41) is 3.68. The Kier molecular flexibility index (Phi) is 5.87. The highest BCUT2D eigenvalue weighted by Crippen LogP contribution is 2.38. The summed E-state index contributed by atoms with van der Waals surface area (Å²) in [5.74, 6) is 1.02. The van der Waals surface area contributed by atoms with Crippen LogP contribution in [0.5, 0.6) is 11.5 Å². The Labute approximate surface area is 152 Å². The number of hydrogen-bond acceptors (Lipinski definition) is 4. The fourth-order valence-electron chi connectivity index (χ4n) is 2.99. The molecule has 1 amide bonds. The maximum Gasteiger partial charge on any atom is 0.255 e. The fourth-order valence-corrected chi connectivity index (χ4v) is 4.32. The van der Waals surface area contributed by atoms with Crippen molar-refractivity contribution in [3.05, 3.63) is 48.0 Å². The third kappa shape index (κ3) is 4.48. The lowest BCUT2D eigenvalue weighted by molar-refractivity contribution is 0.102. The van der Waals surface area contributed by atoms with E-state index in [1.54, 1.807) is 32.4 Å². The average Bonchev–Trinajstić information content (AvgIpc) is 3.16. The second-order valence-corrected chi connectivity index (χ2v) is 7.42. The molecular formula is C20H23NO3S. The number of para-hydroxylation sites is 1. The number of anilines is 1. The Hall–Kier alpha value is -2.14. The van der Waals surface area contributed by atoms with Gasteiger partial charge in [-0.1, -0.05) is 25.0 Å². The molecule has 1 saturated carbocycles. The number of carbonyl (C=O) groups excluding carboxylic acids is 1. The molecule has 1 aliphatic carbocycles. The third-order valence-electron chi connectivity index (χ3n) is 4.34. The molecule has 0 bridgehead atoms. The van der Waals surface area contributed by atoms with Gasteiger partial charge in [0.05, 0.1) is 19.9 Å². The van der Waals surface area contributed by atoms with Crippen LogP contribution in [0.3, 0.4) is 0 Å². The van der Waals surface area contributed by atoms with E-state index in [2.05, 4.69) is 11.4 Å². The third-order valence-corrected chi connectivity index (χ3v) is 5.76. The highest BCUT2D eigenvalue weighted by Gasteiger charge is 2.18. The van der Waals surface area contributed by atoms with Gasteiger partial charge in [-0.15, -0.1) is 11.8 Å². The van der Waals surface area contributed by atoms with Crippen LogP contribution in [0.1, 0.15) is 36.0 Å². The van der Waals surface area contributed by atoms with Crippen LogP contribution in [0.15, 0.2) is 47.4 Å². The minimum Gasteiger partial charge on any atom is -0.497 e. The van der Waals surface area contributed by atoms with Crippen molar-refractivity contribution in [1.29, 1.82) is 0 Å². The maximum atomic E-state index is 12.7. The van der Waals surface area contributed by atoms with E-state index in [1.165, 1.54) is 25.7 Å².